The molecular formula is C15H19N3OS. The molecule has 1 amide bonds. The third-order valence-corrected chi connectivity index (χ3v) is 3.86. The predicted octanol–water partition coefficient (Wildman–Crippen LogP) is 2.65. The lowest BCUT2D eigenvalue weighted by Crippen LogP contribution is -2.28. The fraction of sp³-hybridized carbons (Fsp3) is 0.333. The van der Waals surface area contributed by atoms with Crippen molar-refractivity contribution in [2.45, 2.75) is 25.3 Å². The Kier molecular flexibility index (Phi) is 4.84. The van der Waals surface area contributed by atoms with E-state index in [1.807, 2.05) is 55.1 Å². The van der Waals surface area contributed by atoms with Crippen molar-refractivity contribution in [2.24, 2.45) is 0 Å². The van der Waals surface area contributed by atoms with E-state index in [0.29, 0.717) is 13.1 Å². The maximum atomic E-state index is 12.2. The molecule has 0 saturated heterocycles. The summed E-state index contributed by atoms with van der Waals surface area (Å²) in [6.07, 6.45) is 1.97. The van der Waals surface area contributed by atoms with Crippen molar-refractivity contribution in [1.29, 1.82) is 0 Å². The van der Waals surface area contributed by atoms with E-state index in [1.54, 1.807) is 11.8 Å². The topological polar surface area (TPSA) is 46.9 Å². The molecule has 106 valence electrons. The number of hydrogen-bond acceptors (Lipinski definition) is 3. The number of hydrogen-bond donors (Lipinski definition) is 1. The zero-order valence-corrected chi connectivity index (χ0v) is 12.8. The van der Waals surface area contributed by atoms with Gasteiger partial charge in [0, 0.05) is 17.1 Å². The van der Waals surface area contributed by atoms with E-state index < -0.39 is 0 Å². The van der Waals surface area contributed by atoms with Crippen LogP contribution in [0, 0.1) is 13.8 Å². The number of nitrogens with one attached hydrogen (secondary N) is 1. The maximum absolute atomic E-state index is 12.2. The molecule has 2 rings (SSSR count). The van der Waals surface area contributed by atoms with Crippen molar-refractivity contribution in [3.8, 4) is 0 Å². The minimum absolute atomic E-state index is 0.0310. The number of aryl methyl sites for hydroxylation is 2. The van der Waals surface area contributed by atoms with Crippen molar-refractivity contribution >= 4 is 17.7 Å². The fourth-order valence-electron chi connectivity index (χ4n) is 2.10. The van der Waals surface area contributed by atoms with Gasteiger partial charge >= 0.3 is 0 Å². The average Bonchev–Trinajstić information content (AvgIpc) is 2.77. The SMILES string of the molecule is CSc1ccccc1C(=O)NCCn1nc(C)cc1C. The van der Waals surface area contributed by atoms with E-state index >= 15 is 0 Å². The summed E-state index contributed by atoms with van der Waals surface area (Å²) in [6, 6.07) is 9.67. The molecule has 0 spiro atoms. The first-order valence-corrected chi connectivity index (χ1v) is 7.76. The van der Waals surface area contributed by atoms with Gasteiger partial charge in [-0.15, -0.1) is 11.8 Å². The Morgan fingerprint density at radius 3 is 2.75 bits per heavy atom. The standard InChI is InChI=1S/C15H19N3OS/c1-11-10-12(2)18(17-11)9-8-16-15(19)13-6-4-5-7-14(13)20-3/h4-7,10H,8-9H2,1-3H3,(H,16,19). The number of thioether (sulfide) groups is 1. The molecule has 0 bridgehead atoms. The Morgan fingerprint density at radius 2 is 2.10 bits per heavy atom. The molecule has 0 saturated carbocycles. The molecule has 1 heterocycles. The van der Waals surface area contributed by atoms with Gasteiger partial charge in [-0.25, -0.2) is 0 Å². The number of carbonyl (C=O) groups excluding carboxylic acids is 1. The highest BCUT2D eigenvalue weighted by molar-refractivity contribution is 7.98. The van der Waals surface area contributed by atoms with Gasteiger partial charge in [0.2, 0.25) is 0 Å². The van der Waals surface area contributed by atoms with E-state index in [-0.39, 0.29) is 5.91 Å². The van der Waals surface area contributed by atoms with Crippen LogP contribution in [0.3, 0.4) is 0 Å². The molecular weight excluding hydrogens is 270 g/mol. The third kappa shape index (κ3) is 3.42. The normalized spacial score (nSPS) is 10.6. The predicted molar refractivity (Wildman–Crippen MR) is 82.3 cm³/mol. The third-order valence-electron chi connectivity index (χ3n) is 3.06. The monoisotopic (exact) mass is 289 g/mol. The second kappa shape index (κ2) is 6.61. The highest BCUT2D eigenvalue weighted by Crippen LogP contribution is 2.19. The van der Waals surface area contributed by atoms with Gasteiger partial charge in [-0.05, 0) is 38.3 Å². The molecule has 0 aliphatic heterocycles. The zero-order chi connectivity index (χ0) is 14.5. The van der Waals surface area contributed by atoms with Crippen molar-refractivity contribution in [1.82, 2.24) is 15.1 Å². The molecule has 1 aromatic carbocycles. The number of aromatic nitrogens is 2. The molecule has 0 radical (unpaired) electrons. The minimum atomic E-state index is -0.0310. The first-order chi connectivity index (χ1) is 9.61. The van der Waals surface area contributed by atoms with Crippen molar-refractivity contribution in [3.63, 3.8) is 0 Å². The van der Waals surface area contributed by atoms with Gasteiger partial charge in [0.15, 0.2) is 0 Å². The fourth-order valence-corrected chi connectivity index (χ4v) is 2.70. The van der Waals surface area contributed by atoms with Crippen LogP contribution in [0.1, 0.15) is 21.7 Å². The van der Waals surface area contributed by atoms with Crippen molar-refractivity contribution < 1.29 is 4.79 Å². The van der Waals surface area contributed by atoms with Crippen LogP contribution < -0.4 is 5.32 Å². The number of rotatable bonds is 5. The lowest BCUT2D eigenvalue weighted by Gasteiger charge is -2.09. The average molecular weight is 289 g/mol. The number of carbonyl (C=O) groups is 1. The van der Waals surface area contributed by atoms with E-state index in [2.05, 4.69) is 10.4 Å². The van der Waals surface area contributed by atoms with Crippen LogP contribution in [0.2, 0.25) is 0 Å². The Bertz CT molecular complexity index is 607. The first kappa shape index (κ1) is 14.7. The lowest BCUT2D eigenvalue weighted by atomic mass is 10.2. The highest BCUT2D eigenvalue weighted by Gasteiger charge is 2.09. The summed E-state index contributed by atoms with van der Waals surface area (Å²) in [5.74, 6) is -0.0310. The first-order valence-electron chi connectivity index (χ1n) is 6.54. The van der Waals surface area contributed by atoms with Gasteiger partial charge < -0.3 is 5.32 Å². The molecule has 2 aromatic rings. The van der Waals surface area contributed by atoms with Gasteiger partial charge in [-0.2, -0.15) is 5.10 Å². The summed E-state index contributed by atoms with van der Waals surface area (Å²) in [6.45, 7) is 5.25. The summed E-state index contributed by atoms with van der Waals surface area (Å²) in [7, 11) is 0. The molecule has 0 fully saturated rings. The molecule has 0 unspecified atom stereocenters. The second-order valence-electron chi connectivity index (χ2n) is 4.61. The van der Waals surface area contributed by atoms with Crippen LogP contribution in [-0.2, 0) is 6.54 Å². The molecule has 0 aliphatic carbocycles. The van der Waals surface area contributed by atoms with E-state index in [0.717, 1.165) is 21.8 Å². The van der Waals surface area contributed by atoms with Gasteiger partial charge in [0.1, 0.15) is 0 Å². The quantitative estimate of drug-likeness (QED) is 0.861. The summed E-state index contributed by atoms with van der Waals surface area (Å²) in [5.41, 5.74) is 2.84. The van der Waals surface area contributed by atoms with E-state index in [1.165, 1.54) is 0 Å². The van der Waals surface area contributed by atoms with Gasteiger partial charge in [0.05, 0.1) is 17.8 Å². The molecule has 1 aromatic heterocycles. The highest BCUT2D eigenvalue weighted by atomic mass is 32.2. The summed E-state index contributed by atoms with van der Waals surface area (Å²) in [4.78, 5) is 13.1. The Morgan fingerprint density at radius 1 is 1.35 bits per heavy atom. The van der Waals surface area contributed by atoms with Crippen LogP contribution in [0.5, 0.6) is 0 Å². The van der Waals surface area contributed by atoms with E-state index in [4.69, 9.17) is 0 Å². The van der Waals surface area contributed by atoms with Crippen LogP contribution in [0.25, 0.3) is 0 Å². The molecule has 20 heavy (non-hydrogen) atoms. The van der Waals surface area contributed by atoms with Crippen LogP contribution >= 0.6 is 11.8 Å². The molecule has 0 atom stereocenters. The van der Waals surface area contributed by atoms with Crippen molar-refractivity contribution in [3.05, 3.63) is 47.3 Å². The Balaban J connectivity index is 1.94. The largest absolute Gasteiger partial charge is 0.350 e. The Labute approximate surface area is 123 Å². The minimum Gasteiger partial charge on any atom is -0.350 e. The Hall–Kier alpha value is -1.75. The molecule has 4 nitrogen and oxygen atoms in total. The molecule has 5 heteroatoms. The number of benzene rings is 1. The summed E-state index contributed by atoms with van der Waals surface area (Å²) < 4.78 is 1.91. The smallest absolute Gasteiger partial charge is 0.252 e. The van der Waals surface area contributed by atoms with Crippen LogP contribution in [-0.4, -0.2) is 28.5 Å². The molecule has 1 N–H and O–H groups in total. The summed E-state index contributed by atoms with van der Waals surface area (Å²) >= 11 is 1.58. The van der Waals surface area contributed by atoms with Crippen LogP contribution in [0.4, 0.5) is 0 Å². The van der Waals surface area contributed by atoms with Crippen LogP contribution in [0.15, 0.2) is 35.2 Å². The molecule has 0 aliphatic rings. The summed E-state index contributed by atoms with van der Waals surface area (Å²) in [5, 5.41) is 7.32. The zero-order valence-electron chi connectivity index (χ0n) is 12.0. The van der Waals surface area contributed by atoms with Gasteiger partial charge in [0.25, 0.3) is 5.91 Å². The number of nitrogens with zero attached hydrogens (tertiary/aromatic N) is 2. The maximum Gasteiger partial charge on any atom is 0.252 e. The second-order valence-corrected chi connectivity index (χ2v) is 5.45. The van der Waals surface area contributed by atoms with Crippen molar-refractivity contribution in [2.75, 3.05) is 12.8 Å². The lowest BCUT2D eigenvalue weighted by molar-refractivity contribution is 0.0949. The van der Waals surface area contributed by atoms with Gasteiger partial charge in [-0.1, -0.05) is 12.1 Å². The number of amides is 1. The van der Waals surface area contributed by atoms with E-state index in [9.17, 15) is 4.79 Å². The van der Waals surface area contributed by atoms with Gasteiger partial charge in [-0.3, -0.25) is 9.48 Å².